The van der Waals surface area contributed by atoms with Gasteiger partial charge in [0, 0.05) is 11.7 Å². The van der Waals surface area contributed by atoms with Gasteiger partial charge < -0.3 is 10.6 Å². The van der Waals surface area contributed by atoms with Gasteiger partial charge in [-0.2, -0.15) is 0 Å². The van der Waals surface area contributed by atoms with E-state index in [1.54, 1.807) is 11.3 Å². The highest BCUT2D eigenvalue weighted by Crippen LogP contribution is 2.44. The van der Waals surface area contributed by atoms with Gasteiger partial charge in [-0.25, -0.2) is 4.98 Å². The van der Waals surface area contributed by atoms with Crippen molar-refractivity contribution in [1.82, 2.24) is 10.3 Å². The van der Waals surface area contributed by atoms with E-state index in [-0.39, 0.29) is 0 Å². The number of aryl methyl sites for hydroxylation is 1. The van der Waals surface area contributed by atoms with Crippen LogP contribution in [0.3, 0.4) is 0 Å². The SMILES string of the molecule is Cc1nc2ccc(NC(=S)N[C@H]3C[C@H]4CC[C@@H]3C4)cc2s1. The molecule has 1 aromatic heterocycles. The Hall–Kier alpha value is -1.20. The molecule has 1 heterocycles. The van der Waals surface area contributed by atoms with E-state index in [1.165, 1.54) is 30.4 Å². The lowest BCUT2D eigenvalue weighted by Gasteiger charge is -2.24. The highest BCUT2D eigenvalue weighted by Gasteiger charge is 2.39. The minimum Gasteiger partial charge on any atom is -0.359 e. The molecule has 0 aliphatic heterocycles. The molecule has 3 nitrogen and oxygen atoms in total. The Morgan fingerprint density at radius 1 is 1.33 bits per heavy atom. The maximum Gasteiger partial charge on any atom is 0.171 e. The van der Waals surface area contributed by atoms with Gasteiger partial charge in [0.05, 0.1) is 15.2 Å². The van der Waals surface area contributed by atoms with Crippen LogP contribution in [-0.2, 0) is 0 Å². The third kappa shape index (κ3) is 2.64. The van der Waals surface area contributed by atoms with Crippen molar-refractivity contribution >= 4 is 44.6 Å². The van der Waals surface area contributed by atoms with E-state index in [0.29, 0.717) is 6.04 Å². The Labute approximate surface area is 134 Å². The summed E-state index contributed by atoms with van der Waals surface area (Å²) in [7, 11) is 0. The monoisotopic (exact) mass is 317 g/mol. The first-order valence-electron chi connectivity index (χ1n) is 7.62. The molecule has 3 atom stereocenters. The molecule has 2 saturated carbocycles. The first-order valence-corrected chi connectivity index (χ1v) is 8.84. The van der Waals surface area contributed by atoms with E-state index in [2.05, 4.69) is 33.8 Å². The first kappa shape index (κ1) is 13.5. The second-order valence-corrected chi connectivity index (χ2v) is 7.94. The number of thiocarbonyl (C=S) groups is 1. The molecule has 2 bridgehead atoms. The molecular weight excluding hydrogens is 298 g/mol. The van der Waals surface area contributed by atoms with Crippen LogP contribution in [0.5, 0.6) is 0 Å². The number of benzene rings is 1. The lowest BCUT2D eigenvalue weighted by molar-refractivity contribution is 0.392. The van der Waals surface area contributed by atoms with Gasteiger partial charge >= 0.3 is 0 Å². The van der Waals surface area contributed by atoms with Crippen LogP contribution in [0.1, 0.15) is 30.7 Å². The fourth-order valence-electron chi connectivity index (χ4n) is 3.87. The Morgan fingerprint density at radius 2 is 2.24 bits per heavy atom. The summed E-state index contributed by atoms with van der Waals surface area (Å²) < 4.78 is 1.21. The van der Waals surface area contributed by atoms with Crippen LogP contribution in [-0.4, -0.2) is 16.1 Å². The maximum absolute atomic E-state index is 5.48. The Bertz CT molecular complexity index is 694. The summed E-state index contributed by atoms with van der Waals surface area (Å²) in [5.41, 5.74) is 2.11. The highest BCUT2D eigenvalue weighted by molar-refractivity contribution is 7.80. The second kappa shape index (κ2) is 5.21. The fourth-order valence-corrected chi connectivity index (χ4v) is 5.01. The van der Waals surface area contributed by atoms with Crippen molar-refractivity contribution in [3.05, 3.63) is 23.2 Å². The quantitative estimate of drug-likeness (QED) is 0.818. The van der Waals surface area contributed by atoms with E-state index >= 15 is 0 Å². The zero-order valence-corrected chi connectivity index (χ0v) is 13.7. The fraction of sp³-hybridized carbons (Fsp3) is 0.500. The standard InChI is InChI=1S/C16H19N3S2/c1-9-17-13-5-4-12(8-15(13)21-9)18-16(20)19-14-7-10-2-3-11(14)6-10/h4-5,8,10-11,14H,2-3,6-7H2,1H3,(H2,18,19,20)/t10-,11+,14-/m0/s1. The Morgan fingerprint density at radius 3 is 3.00 bits per heavy atom. The molecule has 1 aromatic carbocycles. The van der Waals surface area contributed by atoms with Crippen LogP contribution in [0.4, 0.5) is 5.69 Å². The van der Waals surface area contributed by atoms with Crippen molar-refractivity contribution in [3.8, 4) is 0 Å². The summed E-state index contributed by atoms with van der Waals surface area (Å²) >= 11 is 7.20. The van der Waals surface area contributed by atoms with Crippen LogP contribution in [0.25, 0.3) is 10.2 Å². The third-order valence-electron chi connectivity index (χ3n) is 4.81. The van der Waals surface area contributed by atoms with E-state index in [9.17, 15) is 0 Å². The lowest BCUT2D eigenvalue weighted by Crippen LogP contribution is -2.40. The molecule has 5 heteroatoms. The summed E-state index contributed by atoms with van der Waals surface area (Å²) in [6, 6.07) is 6.82. The molecule has 2 fully saturated rings. The van der Waals surface area contributed by atoms with Gasteiger partial charge in [0.25, 0.3) is 0 Å². The second-order valence-electron chi connectivity index (χ2n) is 6.30. The van der Waals surface area contributed by atoms with Gasteiger partial charge in [0.2, 0.25) is 0 Å². The molecular formula is C16H19N3S2. The Balaban J connectivity index is 1.43. The van der Waals surface area contributed by atoms with Gasteiger partial charge in [0.1, 0.15) is 0 Å². The normalized spacial score (nSPS) is 27.2. The van der Waals surface area contributed by atoms with Crippen LogP contribution in [0.15, 0.2) is 18.2 Å². The number of hydrogen-bond donors (Lipinski definition) is 2. The molecule has 0 radical (unpaired) electrons. The summed E-state index contributed by atoms with van der Waals surface area (Å²) in [6.45, 7) is 2.04. The molecule has 0 amide bonds. The molecule has 110 valence electrons. The van der Waals surface area contributed by atoms with Crippen LogP contribution in [0, 0.1) is 18.8 Å². The van der Waals surface area contributed by atoms with Crippen molar-refractivity contribution in [1.29, 1.82) is 0 Å². The summed E-state index contributed by atoms with van der Waals surface area (Å²) in [6.07, 6.45) is 5.48. The van der Waals surface area contributed by atoms with E-state index in [4.69, 9.17) is 12.2 Å². The minimum absolute atomic E-state index is 0.582. The van der Waals surface area contributed by atoms with Crippen LogP contribution in [0.2, 0.25) is 0 Å². The molecule has 2 aliphatic rings. The average Bonchev–Trinajstić information content (AvgIpc) is 3.11. The predicted octanol–water partition coefficient (Wildman–Crippen LogP) is 4.08. The van der Waals surface area contributed by atoms with Gasteiger partial charge in [-0.1, -0.05) is 6.42 Å². The van der Waals surface area contributed by atoms with Gasteiger partial charge in [0.15, 0.2) is 5.11 Å². The van der Waals surface area contributed by atoms with Crippen molar-refractivity contribution in [2.75, 3.05) is 5.32 Å². The predicted molar refractivity (Wildman–Crippen MR) is 92.9 cm³/mol. The van der Waals surface area contributed by atoms with E-state index in [1.807, 2.05) is 6.92 Å². The average molecular weight is 317 g/mol. The third-order valence-corrected chi connectivity index (χ3v) is 5.96. The van der Waals surface area contributed by atoms with E-state index < -0.39 is 0 Å². The number of thiazole rings is 1. The molecule has 2 N–H and O–H groups in total. The first-order chi connectivity index (χ1) is 10.2. The van der Waals surface area contributed by atoms with Crippen molar-refractivity contribution < 1.29 is 0 Å². The number of aromatic nitrogens is 1. The zero-order valence-electron chi connectivity index (χ0n) is 12.1. The largest absolute Gasteiger partial charge is 0.359 e. The summed E-state index contributed by atoms with van der Waals surface area (Å²) in [5, 5.41) is 8.71. The minimum atomic E-state index is 0.582. The number of nitrogens with zero attached hydrogens (tertiary/aromatic N) is 1. The summed E-state index contributed by atoms with van der Waals surface area (Å²) in [4.78, 5) is 4.48. The summed E-state index contributed by atoms with van der Waals surface area (Å²) in [5.74, 6) is 1.77. The van der Waals surface area contributed by atoms with Crippen LogP contribution >= 0.6 is 23.6 Å². The number of fused-ring (bicyclic) bond motifs is 3. The maximum atomic E-state index is 5.48. The topological polar surface area (TPSA) is 37.0 Å². The zero-order chi connectivity index (χ0) is 14.4. The van der Waals surface area contributed by atoms with Crippen molar-refractivity contribution in [2.24, 2.45) is 11.8 Å². The molecule has 4 rings (SSSR count). The Kier molecular flexibility index (Phi) is 3.34. The van der Waals surface area contributed by atoms with Crippen molar-refractivity contribution in [2.45, 2.75) is 38.6 Å². The number of anilines is 1. The smallest absolute Gasteiger partial charge is 0.171 e. The molecule has 0 unspecified atom stereocenters. The molecule has 21 heavy (non-hydrogen) atoms. The van der Waals surface area contributed by atoms with Gasteiger partial charge in [-0.15, -0.1) is 11.3 Å². The van der Waals surface area contributed by atoms with Gasteiger partial charge in [-0.05, 0) is 68.4 Å². The van der Waals surface area contributed by atoms with Crippen LogP contribution < -0.4 is 10.6 Å². The highest BCUT2D eigenvalue weighted by atomic mass is 32.1. The molecule has 2 aromatic rings. The van der Waals surface area contributed by atoms with Gasteiger partial charge in [-0.3, -0.25) is 0 Å². The number of hydrogen-bond acceptors (Lipinski definition) is 3. The number of nitrogens with one attached hydrogen (secondary N) is 2. The number of rotatable bonds is 2. The molecule has 0 saturated heterocycles. The van der Waals surface area contributed by atoms with Crippen molar-refractivity contribution in [3.63, 3.8) is 0 Å². The lowest BCUT2D eigenvalue weighted by atomic mass is 9.96. The van der Waals surface area contributed by atoms with E-state index in [0.717, 1.165) is 33.2 Å². The molecule has 0 spiro atoms. The molecule has 2 aliphatic carbocycles.